The number of hydrogen-bond donors (Lipinski definition) is 1. The molecule has 2 aromatic carbocycles. The molecule has 3 aromatic rings. The van der Waals surface area contributed by atoms with Crippen LogP contribution < -0.4 is 5.43 Å². The molecule has 0 aliphatic rings. The normalized spacial score (nSPS) is 11.1. The summed E-state index contributed by atoms with van der Waals surface area (Å²) >= 11 is 7.64. The average Bonchev–Trinajstić information content (AvgIpc) is 2.61. The lowest BCUT2D eigenvalue weighted by molar-refractivity contribution is -0.118. The predicted octanol–water partition coefficient (Wildman–Crippen LogP) is 4.44. The minimum atomic E-state index is -0.175. The van der Waals surface area contributed by atoms with E-state index >= 15 is 0 Å². The van der Waals surface area contributed by atoms with Gasteiger partial charge in [-0.1, -0.05) is 41.4 Å². The molecule has 0 spiro atoms. The van der Waals surface area contributed by atoms with Gasteiger partial charge in [-0.25, -0.2) is 10.4 Å². The van der Waals surface area contributed by atoms with E-state index in [1.54, 1.807) is 0 Å². The second-order valence-corrected chi connectivity index (χ2v) is 6.87. The molecule has 0 unspecified atom stereocenters. The maximum Gasteiger partial charge on any atom is 0.250 e. The molecule has 1 aromatic heterocycles. The van der Waals surface area contributed by atoms with E-state index in [0.717, 1.165) is 21.4 Å². The Kier molecular flexibility index (Phi) is 5.68. The lowest BCUT2D eigenvalue weighted by Gasteiger charge is -2.03. The van der Waals surface area contributed by atoms with Crippen molar-refractivity contribution in [3.63, 3.8) is 0 Å². The number of carbonyl (C=O) groups is 1. The molecule has 0 aliphatic carbocycles. The smallest absolute Gasteiger partial charge is 0.250 e. The van der Waals surface area contributed by atoms with E-state index in [-0.39, 0.29) is 5.91 Å². The number of hydrogen-bond acceptors (Lipinski definition) is 4. The number of hydrazone groups is 1. The molecular weight excluding hydrogens is 354 g/mol. The summed E-state index contributed by atoms with van der Waals surface area (Å²) in [5.41, 5.74) is 5.15. The quantitative estimate of drug-likeness (QED) is 0.313. The van der Waals surface area contributed by atoms with Gasteiger partial charge in [0.15, 0.2) is 0 Å². The lowest BCUT2D eigenvalue weighted by atomic mass is 10.1. The van der Waals surface area contributed by atoms with Gasteiger partial charge in [0.1, 0.15) is 5.15 Å². The highest BCUT2D eigenvalue weighted by Gasteiger charge is 2.04. The molecule has 0 saturated carbocycles. The number of halogens is 1. The van der Waals surface area contributed by atoms with Crippen molar-refractivity contribution >= 4 is 46.4 Å². The zero-order chi connectivity index (χ0) is 17.6. The molecule has 6 heteroatoms. The van der Waals surface area contributed by atoms with Crippen LogP contribution in [0.1, 0.15) is 11.1 Å². The Morgan fingerprint density at radius 2 is 2.04 bits per heavy atom. The molecule has 0 radical (unpaired) electrons. The maximum atomic E-state index is 11.9. The zero-order valence-electron chi connectivity index (χ0n) is 13.6. The van der Waals surface area contributed by atoms with E-state index in [4.69, 9.17) is 11.6 Å². The van der Waals surface area contributed by atoms with Crippen molar-refractivity contribution in [2.45, 2.75) is 11.8 Å². The molecule has 1 heterocycles. The topological polar surface area (TPSA) is 54.4 Å². The number of pyridine rings is 1. The Labute approximate surface area is 155 Å². The summed E-state index contributed by atoms with van der Waals surface area (Å²) in [5.74, 6) is 0.121. The fourth-order valence-electron chi connectivity index (χ4n) is 2.25. The first-order valence-corrected chi connectivity index (χ1v) is 9.05. The van der Waals surface area contributed by atoms with Gasteiger partial charge < -0.3 is 0 Å². The minimum Gasteiger partial charge on any atom is -0.272 e. The number of nitrogens with one attached hydrogen (secondary N) is 1. The van der Waals surface area contributed by atoms with Gasteiger partial charge in [0.05, 0.1) is 17.5 Å². The number of aromatic nitrogens is 1. The van der Waals surface area contributed by atoms with Crippen molar-refractivity contribution in [2.24, 2.45) is 5.10 Å². The van der Waals surface area contributed by atoms with Gasteiger partial charge in [-0.15, -0.1) is 11.8 Å². The summed E-state index contributed by atoms with van der Waals surface area (Å²) in [7, 11) is 0. The summed E-state index contributed by atoms with van der Waals surface area (Å²) in [6.07, 6.45) is 1.52. The monoisotopic (exact) mass is 369 g/mol. The first-order chi connectivity index (χ1) is 12.1. The van der Waals surface area contributed by atoms with Crippen molar-refractivity contribution in [3.05, 3.63) is 70.9 Å². The Bertz CT molecular complexity index is 929. The van der Waals surface area contributed by atoms with E-state index in [9.17, 15) is 4.79 Å². The Morgan fingerprint density at radius 3 is 2.84 bits per heavy atom. The van der Waals surface area contributed by atoms with Crippen LogP contribution in [0, 0.1) is 6.92 Å². The third-order valence-corrected chi connectivity index (χ3v) is 4.77. The molecule has 0 atom stereocenters. The molecule has 3 rings (SSSR count). The van der Waals surface area contributed by atoms with Crippen molar-refractivity contribution in [2.75, 3.05) is 5.75 Å². The highest BCUT2D eigenvalue weighted by molar-refractivity contribution is 8.00. The summed E-state index contributed by atoms with van der Waals surface area (Å²) in [4.78, 5) is 17.2. The van der Waals surface area contributed by atoms with E-state index in [0.29, 0.717) is 16.5 Å². The fraction of sp³-hybridized carbons (Fsp3) is 0.105. The summed E-state index contributed by atoms with van der Waals surface area (Å²) in [6.45, 7) is 2.02. The van der Waals surface area contributed by atoms with Crippen LogP contribution in [-0.4, -0.2) is 22.9 Å². The van der Waals surface area contributed by atoms with Gasteiger partial charge in [0.2, 0.25) is 5.91 Å². The molecule has 1 amide bonds. The summed E-state index contributed by atoms with van der Waals surface area (Å²) in [5, 5.41) is 5.32. The SMILES string of the molecule is Cc1ccc2nc(Cl)c(/C=N\NC(=O)CSc3ccccc3)cc2c1. The number of amides is 1. The molecule has 0 saturated heterocycles. The van der Waals surface area contributed by atoms with Gasteiger partial charge in [-0.05, 0) is 37.3 Å². The van der Waals surface area contributed by atoms with Crippen molar-refractivity contribution < 1.29 is 4.79 Å². The average molecular weight is 370 g/mol. The minimum absolute atomic E-state index is 0.175. The Balaban J connectivity index is 1.62. The van der Waals surface area contributed by atoms with Gasteiger partial charge in [0, 0.05) is 15.8 Å². The number of rotatable bonds is 5. The number of aryl methyl sites for hydroxylation is 1. The van der Waals surface area contributed by atoms with Crippen LogP contribution in [0.25, 0.3) is 10.9 Å². The first kappa shape index (κ1) is 17.5. The van der Waals surface area contributed by atoms with Crippen molar-refractivity contribution in [1.29, 1.82) is 0 Å². The molecule has 0 fully saturated rings. The third-order valence-electron chi connectivity index (χ3n) is 3.46. The van der Waals surface area contributed by atoms with E-state index < -0.39 is 0 Å². The van der Waals surface area contributed by atoms with E-state index in [1.807, 2.05) is 61.5 Å². The summed E-state index contributed by atoms with van der Waals surface area (Å²) in [6, 6.07) is 17.6. The van der Waals surface area contributed by atoms with Crippen LogP contribution in [-0.2, 0) is 4.79 Å². The van der Waals surface area contributed by atoms with Gasteiger partial charge in [-0.2, -0.15) is 5.10 Å². The van der Waals surface area contributed by atoms with Crippen LogP contribution >= 0.6 is 23.4 Å². The van der Waals surface area contributed by atoms with Crippen LogP contribution in [0.5, 0.6) is 0 Å². The Morgan fingerprint density at radius 1 is 1.24 bits per heavy atom. The molecule has 4 nitrogen and oxygen atoms in total. The van der Waals surface area contributed by atoms with Gasteiger partial charge in [0.25, 0.3) is 0 Å². The number of thioether (sulfide) groups is 1. The number of benzene rings is 2. The highest BCUT2D eigenvalue weighted by atomic mass is 35.5. The third kappa shape index (κ3) is 4.81. The number of carbonyl (C=O) groups excluding carboxylic acids is 1. The standard InChI is InChI=1S/C19H16ClN3OS/c1-13-7-8-17-14(9-13)10-15(19(20)22-17)11-21-23-18(24)12-25-16-5-3-2-4-6-16/h2-11H,12H2,1H3,(H,23,24)/b21-11-. The number of fused-ring (bicyclic) bond motifs is 1. The molecular formula is C19H16ClN3OS. The maximum absolute atomic E-state index is 11.9. The first-order valence-electron chi connectivity index (χ1n) is 7.68. The molecule has 1 N–H and O–H groups in total. The van der Waals surface area contributed by atoms with Crippen LogP contribution in [0.4, 0.5) is 0 Å². The zero-order valence-corrected chi connectivity index (χ0v) is 15.1. The highest BCUT2D eigenvalue weighted by Crippen LogP contribution is 2.20. The molecule has 0 bridgehead atoms. The lowest BCUT2D eigenvalue weighted by Crippen LogP contribution is -2.19. The van der Waals surface area contributed by atoms with Crippen LogP contribution in [0.3, 0.4) is 0 Å². The van der Waals surface area contributed by atoms with E-state index in [2.05, 4.69) is 15.5 Å². The Hall–Kier alpha value is -2.37. The van der Waals surface area contributed by atoms with Gasteiger partial charge in [-0.3, -0.25) is 4.79 Å². The van der Waals surface area contributed by atoms with Gasteiger partial charge >= 0.3 is 0 Å². The molecule has 126 valence electrons. The van der Waals surface area contributed by atoms with Crippen molar-refractivity contribution in [3.8, 4) is 0 Å². The predicted molar refractivity (Wildman–Crippen MR) is 104 cm³/mol. The van der Waals surface area contributed by atoms with Crippen LogP contribution in [0.15, 0.2) is 64.6 Å². The second kappa shape index (κ2) is 8.14. The van der Waals surface area contributed by atoms with Crippen LogP contribution in [0.2, 0.25) is 5.15 Å². The molecule has 0 aliphatic heterocycles. The summed E-state index contributed by atoms with van der Waals surface area (Å²) < 4.78 is 0. The second-order valence-electron chi connectivity index (χ2n) is 5.46. The number of nitrogens with zero attached hydrogens (tertiary/aromatic N) is 2. The molecule has 25 heavy (non-hydrogen) atoms. The van der Waals surface area contributed by atoms with Crippen molar-refractivity contribution in [1.82, 2.24) is 10.4 Å². The van der Waals surface area contributed by atoms with E-state index in [1.165, 1.54) is 18.0 Å². The largest absolute Gasteiger partial charge is 0.272 e. The fourth-order valence-corrected chi connectivity index (χ4v) is 3.16.